The normalized spacial score (nSPS) is 23.9. The van der Waals surface area contributed by atoms with Gasteiger partial charge in [0.05, 0.1) is 11.9 Å². The minimum absolute atomic E-state index is 0.0904. The Labute approximate surface area is 227 Å². The fourth-order valence-electron chi connectivity index (χ4n) is 5.92. The van der Waals surface area contributed by atoms with Crippen LogP contribution in [0.5, 0.6) is 0 Å². The molecule has 1 saturated heterocycles. The molecule has 1 N–H and O–H groups in total. The van der Waals surface area contributed by atoms with E-state index in [0.717, 1.165) is 23.4 Å². The van der Waals surface area contributed by atoms with Gasteiger partial charge in [-0.3, -0.25) is 0 Å². The zero-order chi connectivity index (χ0) is 27.6. The van der Waals surface area contributed by atoms with E-state index in [0.29, 0.717) is 37.9 Å². The van der Waals surface area contributed by atoms with Crippen LogP contribution in [0, 0.1) is 11.6 Å². The average Bonchev–Trinajstić information content (AvgIpc) is 3.55. The standard InChI is InChI=1S/C30H34F3N5O/c1-36-13-11-26(14-24(32)19-36)37(2)29(39)38-18-21(27-15-23(31)8-9-28(27)33)16-30(38,22-6-4-3-5-7-22)12-10-25-17-34-20-35-25/h3-9,15-17,20,24,26H,10-14,18-19H2,1-2H3,(H,34,35)/t24?,26?,30-/m0/s1. The maximum atomic E-state index is 15.0. The molecular formula is C30H34F3N5O. The van der Waals surface area contributed by atoms with Crippen LogP contribution in [-0.2, 0) is 12.0 Å². The predicted molar refractivity (Wildman–Crippen MR) is 145 cm³/mol. The van der Waals surface area contributed by atoms with Gasteiger partial charge >= 0.3 is 6.03 Å². The number of alkyl halides is 1. The number of aromatic amines is 1. The van der Waals surface area contributed by atoms with Crippen molar-refractivity contribution in [2.45, 2.75) is 43.4 Å². The zero-order valence-corrected chi connectivity index (χ0v) is 22.3. The third-order valence-corrected chi connectivity index (χ3v) is 8.06. The summed E-state index contributed by atoms with van der Waals surface area (Å²) >= 11 is 0. The van der Waals surface area contributed by atoms with Crippen molar-refractivity contribution >= 4 is 11.6 Å². The van der Waals surface area contributed by atoms with Crippen LogP contribution in [0.2, 0.25) is 0 Å². The first kappa shape index (κ1) is 27.0. The number of benzene rings is 2. The van der Waals surface area contributed by atoms with Crippen LogP contribution >= 0.6 is 0 Å². The molecule has 5 rings (SSSR count). The monoisotopic (exact) mass is 537 g/mol. The summed E-state index contributed by atoms with van der Waals surface area (Å²) < 4.78 is 44.0. The number of hydrogen-bond donors (Lipinski definition) is 1. The van der Waals surface area contributed by atoms with Crippen molar-refractivity contribution in [1.82, 2.24) is 24.7 Å². The number of carbonyl (C=O) groups is 1. The Morgan fingerprint density at radius 3 is 2.74 bits per heavy atom. The summed E-state index contributed by atoms with van der Waals surface area (Å²) in [5.41, 5.74) is 1.49. The number of rotatable bonds is 6. The van der Waals surface area contributed by atoms with Crippen molar-refractivity contribution in [2.24, 2.45) is 0 Å². The van der Waals surface area contributed by atoms with Crippen molar-refractivity contribution < 1.29 is 18.0 Å². The SMILES string of the molecule is CN1CCC(N(C)C(=O)N2CC(c3cc(F)ccc3F)=C[C@@]2(CCc2cnc[nH]2)c2ccccc2)CC(F)C1. The van der Waals surface area contributed by atoms with Crippen molar-refractivity contribution in [3.63, 3.8) is 0 Å². The Kier molecular flexibility index (Phi) is 7.79. The van der Waals surface area contributed by atoms with Gasteiger partial charge in [0.25, 0.3) is 0 Å². The van der Waals surface area contributed by atoms with Gasteiger partial charge in [0.15, 0.2) is 0 Å². The number of H-pyrrole nitrogens is 1. The highest BCUT2D eigenvalue weighted by molar-refractivity contribution is 5.83. The number of carbonyl (C=O) groups excluding carboxylic acids is 1. The van der Waals surface area contributed by atoms with E-state index in [1.165, 1.54) is 6.07 Å². The summed E-state index contributed by atoms with van der Waals surface area (Å²) in [6.07, 6.45) is 6.18. The first-order valence-corrected chi connectivity index (χ1v) is 13.3. The van der Waals surface area contributed by atoms with Crippen LogP contribution in [0.25, 0.3) is 5.57 Å². The number of aryl methyl sites for hydroxylation is 1. The second kappa shape index (κ2) is 11.3. The second-order valence-corrected chi connectivity index (χ2v) is 10.7. The van der Waals surface area contributed by atoms with Gasteiger partial charge in [-0.25, -0.2) is 22.9 Å². The molecule has 0 spiro atoms. The smallest absolute Gasteiger partial charge is 0.321 e. The van der Waals surface area contributed by atoms with Gasteiger partial charge in [-0.15, -0.1) is 0 Å². The average molecular weight is 538 g/mol. The molecule has 2 amide bonds. The van der Waals surface area contributed by atoms with E-state index in [-0.39, 0.29) is 30.6 Å². The largest absolute Gasteiger partial charge is 0.348 e. The van der Waals surface area contributed by atoms with Crippen molar-refractivity contribution in [3.05, 3.63) is 95.6 Å². The highest BCUT2D eigenvalue weighted by atomic mass is 19.1. The Morgan fingerprint density at radius 2 is 2.00 bits per heavy atom. The molecule has 2 aliphatic heterocycles. The van der Waals surface area contributed by atoms with Gasteiger partial charge in [0.2, 0.25) is 0 Å². The number of nitrogens with zero attached hydrogens (tertiary/aromatic N) is 4. The topological polar surface area (TPSA) is 55.5 Å². The lowest BCUT2D eigenvalue weighted by molar-refractivity contribution is 0.105. The second-order valence-electron chi connectivity index (χ2n) is 10.7. The number of urea groups is 1. The van der Waals surface area contributed by atoms with Crippen molar-refractivity contribution in [1.29, 1.82) is 0 Å². The molecule has 2 unspecified atom stereocenters. The Bertz CT molecular complexity index is 1320. The molecule has 1 aromatic heterocycles. The summed E-state index contributed by atoms with van der Waals surface area (Å²) in [6.45, 7) is 1.11. The number of likely N-dealkylation sites (tertiary alicyclic amines) is 1. The van der Waals surface area contributed by atoms with Gasteiger partial charge < -0.3 is 19.7 Å². The molecule has 0 radical (unpaired) electrons. The molecule has 0 saturated carbocycles. The molecule has 9 heteroatoms. The summed E-state index contributed by atoms with van der Waals surface area (Å²) in [7, 11) is 3.60. The Hall–Kier alpha value is -3.59. The molecule has 0 aliphatic carbocycles. The van der Waals surface area contributed by atoms with Gasteiger partial charge in [-0.05, 0) is 68.3 Å². The molecule has 3 atom stereocenters. The predicted octanol–water partition coefficient (Wildman–Crippen LogP) is 5.40. The maximum absolute atomic E-state index is 15.0. The van der Waals surface area contributed by atoms with Crippen LogP contribution in [0.3, 0.4) is 0 Å². The van der Waals surface area contributed by atoms with Crippen LogP contribution < -0.4 is 0 Å². The molecule has 0 bridgehead atoms. The van der Waals surface area contributed by atoms with E-state index >= 15 is 4.39 Å². The first-order valence-electron chi connectivity index (χ1n) is 13.3. The molecular weight excluding hydrogens is 503 g/mol. The van der Waals surface area contributed by atoms with Gasteiger partial charge in [-0.1, -0.05) is 30.3 Å². The number of hydrogen-bond acceptors (Lipinski definition) is 3. The number of amides is 2. The van der Waals surface area contributed by atoms with E-state index in [1.807, 2.05) is 48.4 Å². The van der Waals surface area contributed by atoms with Gasteiger partial charge in [0, 0.05) is 50.1 Å². The van der Waals surface area contributed by atoms with E-state index in [4.69, 9.17) is 0 Å². The molecule has 1 fully saturated rings. The molecule has 3 heterocycles. The lowest BCUT2D eigenvalue weighted by Gasteiger charge is -2.42. The van der Waals surface area contributed by atoms with E-state index in [2.05, 4.69) is 9.97 Å². The van der Waals surface area contributed by atoms with E-state index in [9.17, 15) is 13.6 Å². The fraction of sp³-hybridized carbons (Fsp3) is 0.400. The lowest BCUT2D eigenvalue weighted by Crippen LogP contribution is -2.53. The van der Waals surface area contributed by atoms with Gasteiger partial charge in [0.1, 0.15) is 17.8 Å². The van der Waals surface area contributed by atoms with Crippen LogP contribution in [0.1, 0.15) is 36.1 Å². The molecule has 2 aromatic carbocycles. The Morgan fingerprint density at radius 1 is 1.21 bits per heavy atom. The minimum Gasteiger partial charge on any atom is -0.348 e. The number of aromatic nitrogens is 2. The fourth-order valence-corrected chi connectivity index (χ4v) is 5.92. The molecule has 206 valence electrons. The third-order valence-electron chi connectivity index (χ3n) is 8.06. The summed E-state index contributed by atoms with van der Waals surface area (Å²) in [5, 5.41) is 0. The quantitative estimate of drug-likeness (QED) is 0.458. The van der Waals surface area contributed by atoms with Crippen molar-refractivity contribution in [3.8, 4) is 0 Å². The summed E-state index contributed by atoms with van der Waals surface area (Å²) in [4.78, 5) is 26.9. The van der Waals surface area contributed by atoms with Crippen LogP contribution in [0.4, 0.5) is 18.0 Å². The van der Waals surface area contributed by atoms with Gasteiger partial charge in [-0.2, -0.15) is 0 Å². The number of halogens is 3. The number of nitrogens with one attached hydrogen (secondary N) is 1. The van der Waals surface area contributed by atoms with E-state index < -0.39 is 23.3 Å². The lowest BCUT2D eigenvalue weighted by atomic mass is 9.84. The highest BCUT2D eigenvalue weighted by Gasteiger charge is 2.46. The third kappa shape index (κ3) is 5.59. The maximum Gasteiger partial charge on any atom is 0.321 e. The molecule has 3 aromatic rings. The summed E-state index contributed by atoms with van der Waals surface area (Å²) in [5.74, 6) is -1.10. The van der Waals surface area contributed by atoms with Crippen molar-refractivity contribution in [2.75, 3.05) is 33.7 Å². The van der Waals surface area contributed by atoms with Crippen LogP contribution in [0.15, 0.2) is 67.1 Å². The zero-order valence-electron chi connectivity index (χ0n) is 22.3. The minimum atomic E-state index is -1.04. The molecule has 2 aliphatic rings. The number of imidazole rings is 1. The first-order chi connectivity index (χ1) is 18.8. The van der Waals surface area contributed by atoms with E-state index in [1.54, 1.807) is 29.4 Å². The molecule has 39 heavy (non-hydrogen) atoms. The molecule has 6 nitrogen and oxygen atoms in total. The highest BCUT2D eigenvalue weighted by Crippen LogP contribution is 2.44. The Balaban J connectivity index is 1.57. The summed E-state index contributed by atoms with van der Waals surface area (Å²) in [6, 6.07) is 12.4. The van der Waals surface area contributed by atoms with Crippen LogP contribution in [-0.4, -0.2) is 76.6 Å².